The zero-order valence-electron chi connectivity index (χ0n) is 11.6. The molecule has 0 aliphatic heterocycles. The lowest BCUT2D eigenvalue weighted by atomic mass is 9.99. The lowest BCUT2D eigenvalue weighted by Gasteiger charge is -2.16. The normalized spacial score (nSPS) is 12.4. The van der Waals surface area contributed by atoms with E-state index in [1.54, 1.807) is 0 Å². The van der Waals surface area contributed by atoms with Gasteiger partial charge in [-0.2, -0.15) is 0 Å². The van der Waals surface area contributed by atoms with E-state index in [4.69, 9.17) is 5.84 Å². The maximum Gasteiger partial charge on any atom is 0.0478 e. The van der Waals surface area contributed by atoms with Crippen molar-refractivity contribution >= 4 is 0 Å². The average molecular weight is 255 g/mol. The molecule has 0 amide bonds. The lowest BCUT2D eigenvalue weighted by molar-refractivity contribution is 0.514. The summed E-state index contributed by atoms with van der Waals surface area (Å²) in [5, 5.41) is 0. The number of hydrazine groups is 1. The summed E-state index contributed by atoms with van der Waals surface area (Å²) < 4.78 is 0. The van der Waals surface area contributed by atoms with Crippen molar-refractivity contribution < 1.29 is 0 Å². The molecule has 1 aromatic heterocycles. The van der Waals surface area contributed by atoms with Crippen LogP contribution in [-0.4, -0.2) is 4.98 Å². The largest absolute Gasteiger partial charge is 0.271 e. The molecule has 0 saturated carbocycles. The van der Waals surface area contributed by atoms with Crippen LogP contribution in [0.5, 0.6) is 0 Å². The van der Waals surface area contributed by atoms with Crippen LogP contribution in [0.25, 0.3) is 0 Å². The van der Waals surface area contributed by atoms with Crippen molar-refractivity contribution in [2.24, 2.45) is 5.84 Å². The number of hydrogen-bond acceptors (Lipinski definition) is 3. The Hall–Kier alpha value is -1.71. The van der Waals surface area contributed by atoms with Crippen molar-refractivity contribution in [1.82, 2.24) is 10.4 Å². The third kappa shape index (κ3) is 3.88. The van der Waals surface area contributed by atoms with E-state index in [9.17, 15) is 0 Å². The summed E-state index contributed by atoms with van der Waals surface area (Å²) in [5.74, 6) is 5.67. The van der Waals surface area contributed by atoms with Crippen LogP contribution in [0.1, 0.15) is 34.7 Å². The zero-order valence-corrected chi connectivity index (χ0v) is 11.6. The number of rotatable bonds is 5. The molecule has 2 aromatic rings. The minimum atomic E-state index is 0.146. The number of hydrogen-bond donors (Lipinski definition) is 2. The van der Waals surface area contributed by atoms with Crippen LogP contribution in [0.2, 0.25) is 0 Å². The van der Waals surface area contributed by atoms with Gasteiger partial charge in [0.1, 0.15) is 0 Å². The van der Waals surface area contributed by atoms with Crippen molar-refractivity contribution in [3.8, 4) is 0 Å². The van der Waals surface area contributed by atoms with Gasteiger partial charge < -0.3 is 0 Å². The Morgan fingerprint density at radius 1 is 1.16 bits per heavy atom. The highest BCUT2D eigenvalue weighted by Gasteiger charge is 2.10. The molecule has 0 spiro atoms. The first-order chi connectivity index (χ1) is 9.19. The fourth-order valence-electron chi connectivity index (χ4n) is 2.29. The van der Waals surface area contributed by atoms with Crippen LogP contribution in [0.15, 0.2) is 42.7 Å². The van der Waals surface area contributed by atoms with Gasteiger partial charge in [-0.25, -0.2) is 0 Å². The number of benzene rings is 1. The molecule has 3 N–H and O–H groups in total. The maximum atomic E-state index is 5.67. The summed E-state index contributed by atoms with van der Waals surface area (Å²) in [6.45, 7) is 4.16. The monoisotopic (exact) mass is 255 g/mol. The smallest absolute Gasteiger partial charge is 0.0478 e. The Bertz CT molecular complexity index is 537. The quantitative estimate of drug-likeness (QED) is 0.638. The molecule has 1 unspecified atom stereocenters. The fraction of sp³-hybridized carbons (Fsp3) is 0.312. The number of aryl methyl sites for hydroxylation is 3. The van der Waals surface area contributed by atoms with Crippen LogP contribution in [0.3, 0.4) is 0 Å². The molecule has 2 rings (SSSR count). The number of aromatic nitrogens is 1. The van der Waals surface area contributed by atoms with Crippen molar-refractivity contribution in [3.05, 3.63) is 65.0 Å². The molecule has 0 fully saturated rings. The summed E-state index contributed by atoms with van der Waals surface area (Å²) >= 11 is 0. The van der Waals surface area contributed by atoms with E-state index >= 15 is 0 Å². The van der Waals surface area contributed by atoms with Gasteiger partial charge in [0.05, 0.1) is 0 Å². The number of nitrogens with zero attached hydrogens (tertiary/aromatic N) is 1. The highest BCUT2D eigenvalue weighted by atomic mass is 15.2. The summed E-state index contributed by atoms with van der Waals surface area (Å²) in [5.41, 5.74) is 7.85. The van der Waals surface area contributed by atoms with E-state index in [-0.39, 0.29) is 6.04 Å². The minimum Gasteiger partial charge on any atom is -0.271 e. The molecule has 0 aliphatic carbocycles. The number of pyridine rings is 1. The van der Waals surface area contributed by atoms with E-state index in [1.807, 2.05) is 19.3 Å². The van der Waals surface area contributed by atoms with Gasteiger partial charge in [-0.1, -0.05) is 35.9 Å². The van der Waals surface area contributed by atoms with E-state index in [1.165, 1.54) is 11.1 Å². The molecule has 100 valence electrons. The first kappa shape index (κ1) is 13.7. The van der Waals surface area contributed by atoms with Gasteiger partial charge in [0.15, 0.2) is 0 Å². The molecule has 0 saturated heterocycles. The molecule has 0 radical (unpaired) electrons. The summed E-state index contributed by atoms with van der Waals surface area (Å²) in [6.07, 6.45) is 5.71. The lowest BCUT2D eigenvalue weighted by Crippen LogP contribution is -2.28. The molecule has 1 atom stereocenters. The van der Waals surface area contributed by atoms with Crippen LogP contribution in [0, 0.1) is 13.8 Å². The Labute approximate surface area is 114 Å². The summed E-state index contributed by atoms with van der Waals surface area (Å²) in [6, 6.07) is 10.9. The Balaban J connectivity index is 2.04. The standard InChI is InChI=1S/C16H21N3/c1-12-4-3-5-14(8-12)6-7-16(19-17)15-9-13(2)10-18-11-15/h3-5,8-11,16,19H,6-7,17H2,1-2H3. The molecule has 1 aromatic carbocycles. The second kappa shape index (κ2) is 6.45. The van der Waals surface area contributed by atoms with E-state index < -0.39 is 0 Å². The second-order valence-electron chi connectivity index (χ2n) is 5.04. The average Bonchev–Trinajstić information content (AvgIpc) is 2.40. The Kier molecular flexibility index (Phi) is 4.66. The Morgan fingerprint density at radius 3 is 2.68 bits per heavy atom. The highest BCUT2D eigenvalue weighted by molar-refractivity contribution is 5.24. The SMILES string of the molecule is Cc1cccc(CCC(NN)c2cncc(C)c2)c1. The molecular weight excluding hydrogens is 234 g/mol. The molecule has 0 bridgehead atoms. The predicted octanol–water partition coefficient (Wildman–Crippen LogP) is 2.84. The first-order valence-corrected chi connectivity index (χ1v) is 6.62. The van der Waals surface area contributed by atoms with Gasteiger partial charge in [-0.05, 0) is 43.4 Å². The van der Waals surface area contributed by atoms with E-state index in [0.29, 0.717) is 0 Å². The molecule has 3 heteroatoms. The number of nitrogens with one attached hydrogen (secondary N) is 1. The first-order valence-electron chi connectivity index (χ1n) is 6.62. The van der Waals surface area contributed by atoms with Gasteiger partial charge >= 0.3 is 0 Å². The zero-order chi connectivity index (χ0) is 13.7. The van der Waals surface area contributed by atoms with Crippen LogP contribution in [0.4, 0.5) is 0 Å². The molecule has 3 nitrogen and oxygen atoms in total. The van der Waals surface area contributed by atoms with Gasteiger partial charge in [-0.3, -0.25) is 16.3 Å². The second-order valence-corrected chi connectivity index (χ2v) is 5.04. The van der Waals surface area contributed by atoms with Crippen molar-refractivity contribution in [2.75, 3.05) is 0 Å². The topological polar surface area (TPSA) is 50.9 Å². The third-order valence-corrected chi connectivity index (χ3v) is 3.30. The van der Waals surface area contributed by atoms with Gasteiger partial charge in [-0.15, -0.1) is 0 Å². The highest BCUT2D eigenvalue weighted by Crippen LogP contribution is 2.19. The van der Waals surface area contributed by atoms with Gasteiger partial charge in [0.25, 0.3) is 0 Å². The third-order valence-electron chi connectivity index (χ3n) is 3.30. The Morgan fingerprint density at radius 2 is 2.00 bits per heavy atom. The van der Waals surface area contributed by atoms with Crippen molar-refractivity contribution in [1.29, 1.82) is 0 Å². The van der Waals surface area contributed by atoms with Crippen molar-refractivity contribution in [2.45, 2.75) is 32.7 Å². The maximum absolute atomic E-state index is 5.67. The van der Waals surface area contributed by atoms with Crippen LogP contribution < -0.4 is 11.3 Å². The van der Waals surface area contributed by atoms with E-state index in [0.717, 1.165) is 24.0 Å². The fourth-order valence-corrected chi connectivity index (χ4v) is 2.29. The van der Waals surface area contributed by atoms with Crippen molar-refractivity contribution in [3.63, 3.8) is 0 Å². The van der Waals surface area contributed by atoms with Crippen LogP contribution >= 0.6 is 0 Å². The number of nitrogens with two attached hydrogens (primary N) is 1. The van der Waals surface area contributed by atoms with Gasteiger partial charge in [0.2, 0.25) is 0 Å². The summed E-state index contributed by atoms with van der Waals surface area (Å²) in [7, 11) is 0. The minimum absolute atomic E-state index is 0.146. The molecule has 1 heterocycles. The van der Waals surface area contributed by atoms with E-state index in [2.05, 4.69) is 47.7 Å². The molecular formula is C16H21N3. The summed E-state index contributed by atoms with van der Waals surface area (Å²) in [4.78, 5) is 4.23. The van der Waals surface area contributed by atoms with Gasteiger partial charge in [0, 0.05) is 18.4 Å². The molecule has 19 heavy (non-hydrogen) atoms. The molecule has 0 aliphatic rings. The van der Waals surface area contributed by atoms with Crippen LogP contribution in [-0.2, 0) is 6.42 Å². The predicted molar refractivity (Wildman–Crippen MR) is 78.5 cm³/mol.